The minimum absolute atomic E-state index is 0.00948. The molecule has 2 aromatic rings. The Bertz CT molecular complexity index is 886. The van der Waals surface area contributed by atoms with Gasteiger partial charge in [-0.25, -0.2) is 0 Å². The van der Waals surface area contributed by atoms with Crippen LogP contribution in [0.15, 0.2) is 42.5 Å². The van der Waals surface area contributed by atoms with Crippen LogP contribution >= 0.6 is 11.6 Å². The number of aliphatic hydroxyl groups is 1. The number of carbonyl (C=O) groups excluding carboxylic acids is 1. The van der Waals surface area contributed by atoms with Crippen LogP contribution in [0, 0.1) is 0 Å². The molecule has 2 aromatic carbocycles. The number of benzene rings is 2. The van der Waals surface area contributed by atoms with E-state index < -0.39 is 6.10 Å². The number of β-amino-alcohol motifs (C(OH)–C–C–N with tert-alkyl or cyclic N) is 1. The van der Waals surface area contributed by atoms with Gasteiger partial charge >= 0.3 is 0 Å². The average Bonchev–Trinajstić information content (AvgIpc) is 3.22. The molecule has 0 spiro atoms. The monoisotopic (exact) mass is 432 g/mol. The smallest absolute Gasteiger partial charge is 0.253 e. The summed E-state index contributed by atoms with van der Waals surface area (Å²) in [6, 6.07) is 12.7. The lowest BCUT2D eigenvalue weighted by molar-refractivity contribution is 0.00204. The molecule has 0 saturated carbocycles. The average molecular weight is 433 g/mol. The third-order valence-corrected chi connectivity index (χ3v) is 5.45. The van der Waals surface area contributed by atoms with Crippen LogP contribution in [0.5, 0.6) is 11.5 Å². The molecule has 4 rings (SSSR count). The Morgan fingerprint density at radius 1 is 1.10 bits per heavy atom. The second kappa shape index (κ2) is 9.66. The highest BCUT2D eigenvalue weighted by Crippen LogP contribution is 2.32. The highest BCUT2D eigenvalue weighted by molar-refractivity contribution is 6.30. The maximum Gasteiger partial charge on any atom is 0.253 e. The number of carbonyl (C=O) groups is 1. The Hall–Kier alpha value is -2.32. The van der Waals surface area contributed by atoms with E-state index in [0.29, 0.717) is 49.9 Å². The molecule has 1 unspecified atom stereocenters. The van der Waals surface area contributed by atoms with Crippen LogP contribution in [0.2, 0.25) is 5.02 Å². The molecular weight excluding hydrogens is 408 g/mol. The summed E-state index contributed by atoms with van der Waals surface area (Å²) in [7, 11) is 0. The Kier molecular flexibility index (Phi) is 6.74. The Morgan fingerprint density at radius 3 is 2.70 bits per heavy atom. The van der Waals surface area contributed by atoms with E-state index in [1.54, 1.807) is 24.3 Å². The van der Waals surface area contributed by atoms with Crippen LogP contribution in [0.4, 0.5) is 0 Å². The zero-order valence-electron chi connectivity index (χ0n) is 16.6. The topological polar surface area (TPSA) is 71.5 Å². The van der Waals surface area contributed by atoms with Crippen LogP contribution < -0.4 is 9.47 Å². The van der Waals surface area contributed by atoms with Gasteiger partial charge in [0.2, 0.25) is 6.79 Å². The number of halogens is 1. The van der Waals surface area contributed by atoms with Crippen molar-refractivity contribution < 1.29 is 24.1 Å². The SMILES string of the molecule is O=C(c1cccc(Cl)c1)N1CCN(CC(O)COCc2ccc3c(c2)OCO3)CC1. The zero-order chi connectivity index (χ0) is 20.9. The first kappa shape index (κ1) is 20.9. The van der Waals surface area contributed by atoms with Crippen LogP contribution in [-0.2, 0) is 11.3 Å². The van der Waals surface area contributed by atoms with Crippen molar-refractivity contribution in [1.82, 2.24) is 9.80 Å². The molecule has 0 aliphatic carbocycles. The normalized spacial score (nSPS) is 17.2. The van der Waals surface area contributed by atoms with E-state index in [0.717, 1.165) is 17.1 Å². The van der Waals surface area contributed by atoms with Crippen molar-refractivity contribution in [3.63, 3.8) is 0 Å². The van der Waals surface area contributed by atoms with E-state index in [1.807, 2.05) is 23.1 Å². The molecule has 1 atom stereocenters. The fourth-order valence-corrected chi connectivity index (χ4v) is 3.82. The molecule has 0 aromatic heterocycles. The van der Waals surface area contributed by atoms with E-state index in [-0.39, 0.29) is 19.3 Å². The molecule has 1 fully saturated rings. The summed E-state index contributed by atoms with van der Waals surface area (Å²) in [4.78, 5) is 16.6. The highest BCUT2D eigenvalue weighted by Gasteiger charge is 2.23. The molecule has 1 amide bonds. The van der Waals surface area contributed by atoms with Gasteiger partial charge in [0.1, 0.15) is 0 Å². The molecule has 1 saturated heterocycles. The summed E-state index contributed by atoms with van der Waals surface area (Å²) >= 11 is 5.98. The third-order valence-electron chi connectivity index (χ3n) is 5.22. The second-order valence-corrected chi connectivity index (χ2v) is 7.90. The number of amides is 1. The van der Waals surface area contributed by atoms with Gasteiger partial charge in [0.25, 0.3) is 5.91 Å². The number of piperazine rings is 1. The summed E-state index contributed by atoms with van der Waals surface area (Å²) in [5.74, 6) is 1.46. The summed E-state index contributed by atoms with van der Waals surface area (Å²) in [5.41, 5.74) is 1.58. The Balaban J connectivity index is 1.17. The van der Waals surface area contributed by atoms with E-state index in [9.17, 15) is 9.90 Å². The Labute approximate surface area is 180 Å². The second-order valence-electron chi connectivity index (χ2n) is 7.46. The number of ether oxygens (including phenoxy) is 3. The van der Waals surface area contributed by atoms with E-state index >= 15 is 0 Å². The van der Waals surface area contributed by atoms with Crippen molar-refractivity contribution in [2.24, 2.45) is 0 Å². The number of aliphatic hydroxyl groups excluding tert-OH is 1. The van der Waals surface area contributed by atoms with Crippen molar-refractivity contribution in [2.45, 2.75) is 12.7 Å². The highest BCUT2D eigenvalue weighted by atomic mass is 35.5. The van der Waals surface area contributed by atoms with E-state index in [1.165, 1.54) is 0 Å². The van der Waals surface area contributed by atoms with Crippen molar-refractivity contribution in [3.8, 4) is 11.5 Å². The molecule has 0 bridgehead atoms. The van der Waals surface area contributed by atoms with Crippen LogP contribution in [0.1, 0.15) is 15.9 Å². The lowest BCUT2D eigenvalue weighted by Crippen LogP contribution is -2.50. The predicted octanol–water partition coefficient (Wildman–Crippen LogP) is 2.40. The van der Waals surface area contributed by atoms with Crippen LogP contribution in [0.3, 0.4) is 0 Å². The van der Waals surface area contributed by atoms with Gasteiger partial charge in [-0.3, -0.25) is 9.69 Å². The summed E-state index contributed by atoms with van der Waals surface area (Å²) in [6.07, 6.45) is -0.589. The lowest BCUT2D eigenvalue weighted by atomic mass is 10.2. The molecule has 0 radical (unpaired) electrons. The largest absolute Gasteiger partial charge is 0.454 e. The first-order chi connectivity index (χ1) is 14.6. The van der Waals surface area contributed by atoms with E-state index in [4.69, 9.17) is 25.8 Å². The molecule has 160 valence electrons. The minimum atomic E-state index is -0.589. The van der Waals surface area contributed by atoms with Gasteiger partial charge in [-0.05, 0) is 35.9 Å². The number of hydrogen-bond acceptors (Lipinski definition) is 6. The number of rotatable bonds is 7. The van der Waals surface area contributed by atoms with Gasteiger partial charge in [0.05, 0.1) is 19.3 Å². The van der Waals surface area contributed by atoms with Crippen molar-refractivity contribution in [2.75, 3.05) is 46.1 Å². The molecule has 2 aliphatic heterocycles. The molecule has 2 aliphatic rings. The maximum atomic E-state index is 12.6. The zero-order valence-corrected chi connectivity index (χ0v) is 17.4. The van der Waals surface area contributed by atoms with Crippen molar-refractivity contribution in [3.05, 3.63) is 58.6 Å². The quantitative estimate of drug-likeness (QED) is 0.724. The van der Waals surface area contributed by atoms with Gasteiger partial charge in [-0.15, -0.1) is 0 Å². The van der Waals surface area contributed by atoms with Crippen molar-refractivity contribution >= 4 is 17.5 Å². The standard InChI is InChI=1S/C22H25ClN2O5/c23-18-3-1-2-17(11-18)22(27)25-8-6-24(7-9-25)12-19(26)14-28-13-16-4-5-20-21(10-16)30-15-29-20/h1-5,10-11,19,26H,6-9,12-15H2. The predicted molar refractivity (Wildman–Crippen MR) is 112 cm³/mol. The van der Waals surface area contributed by atoms with E-state index in [2.05, 4.69) is 4.90 Å². The molecular formula is C22H25ClN2O5. The van der Waals surface area contributed by atoms with Gasteiger partial charge in [-0.2, -0.15) is 0 Å². The summed E-state index contributed by atoms with van der Waals surface area (Å²) in [5, 5.41) is 10.9. The lowest BCUT2D eigenvalue weighted by Gasteiger charge is -2.35. The molecule has 7 nitrogen and oxygen atoms in total. The summed E-state index contributed by atoms with van der Waals surface area (Å²) in [6.45, 7) is 4.08. The van der Waals surface area contributed by atoms with Gasteiger partial charge in [0, 0.05) is 43.3 Å². The number of hydrogen-bond donors (Lipinski definition) is 1. The maximum absolute atomic E-state index is 12.6. The van der Waals surface area contributed by atoms with Gasteiger partial charge in [-0.1, -0.05) is 23.7 Å². The minimum Gasteiger partial charge on any atom is -0.454 e. The number of fused-ring (bicyclic) bond motifs is 1. The van der Waals surface area contributed by atoms with Gasteiger partial charge < -0.3 is 24.2 Å². The molecule has 2 heterocycles. The molecule has 30 heavy (non-hydrogen) atoms. The molecule has 8 heteroatoms. The summed E-state index contributed by atoms with van der Waals surface area (Å²) < 4.78 is 16.3. The Morgan fingerprint density at radius 2 is 1.90 bits per heavy atom. The number of nitrogens with zero attached hydrogens (tertiary/aromatic N) is 2. The fraction of sp³-hybridized carbons (Fsp3) is 0.409. The fourth-order valence-electron chi connectivity index (χ4n) is 3.63. The van der Waals surface area contributed by atoms with Gasteiger partial charge in [0.15, 0.2) is 11.5 Å². The van der Waals surface area contributed by atoms with Crippen LogP contribution in [-0.4, -0.2) is 73.0 Å². The third kappa shape index (κ3) is 5.23. The molecule has 1 N–H and O–H groups in total. The van der Waals surface area contributed by atoms with Crippen LogP contribution in [0.25, 0.3) is 0 Å². The first-order valence-corrected chi connectivity index (χ1v) is 10.4. The van der Waals surface area contributed by atoms with Crippen molar-refractivity contribution in [1.29, 1.82) is 0 Å². The first-order valence-electron chi connectivity index (χ1n) is 10.00.